The fourth-order valence-corrected chi connectivity index (χ4v) is 3.45. The van der Waals surface area contributed by atoms with Gasteiger partial charge in [0.25, 0.3) is 0 Å². The molecule has 1 aliphatic rings. The summed E-state index contributed by atoms with van der Waals surface area (Å²) in [6.07, 6.45) is 6.20. The van der Waals surface area contributed by atoms with Crippen LogP contribution in [0.3, 0.4) is 0 Å². The summed E-state index contributed by atoms with van der Waals surface area (Å²) in [4.78, 5) is 6.13. The van der Waals surface area contributed by atoms with Crippen LogP contribution in [0.25, 0.3) is 0 Å². The Morgan fingerprint density at radius 1 is 1.44 bits per heavy atom. The molecule has 1 fully saturated rings. The Morgan fingerprint density at radius 2 is 2.28 bits per heavy atom. The van der Waals surface area contributed by atoms with Crippen LogP contribution >= 0.6 is 35.3 Å². The molecule has 2 N–H and O–H groups in total. The Balaban J connectivity index is 0.00000225. The number of aryl methyl sites for hydroxylation is 1. The summed E-state index contributed by atoms with van der Waals surface area (Å²) in [6.45, 7) is 5.83. The SMILES string of the molecule is CCc1nncn1CCN=C(NC1CC1)NC(CC)c1cccs1.I. The number of nitrogens with one attached hydrogen (secondary N) is 2. The second kappa shape index (κ2) is 10.1. The number of halogens is 1. The second-order valence-corrected chi connectivity index (χ2v) is 7.04. The van der Waals surface area contributed by atoms with Gasteiger partial charge in [-0.1, -0.05) is 19.9 Å². The number of nitrogens with zero attached hydrogens (tertiary/aromatic N) is 4. The zero-order valence-corrected chi connectivity index (χ0v) is 18.0. The number of thiophene rings is 1. The molecule has 1 atom stereocenters. The van der Waals surface area contributed by atoms with Crippen molar-refractivity contribution in [3.8, 4) is 0 Å². The number of hydrogen-bond donors (Lipinski definition) is 2. The highest BCUT2D eigenvalue weighted by atomic mass is 127. The molecule has 2 aromatic heterocycles. The maximum Gasteiger partial charge on any atom is 0.192 e. The third-order valence-corrected chi connectivity index (χ3v) is 5.13. The fourth-order valence-electron chi connectivity index (χ4n) is 2.59. The molecule has 6 nitrogen and oxygen atoms in total. The average molecular weight is 474 g/mol. The number of hydrogen-bond acceptors (Lipinski definition) is 4. The van der Waals surface area contributed by atoms with Crippen molar-refractivity contribution in [1.29, 1.82) is 0 Å². The van der Waals surface area contributed by atoms with Crippen molar-refractivity contribution in [2.75, 3.05) is 6.54 Å². The highest BCUT2D eigenvalue weighted by molar-refractivity contribution is 14.0. The zero-order valence-electron chi connectivity index (χ0n) is 14.8. The predicted octanol–water partition coefficient (Wildman–Crippen LogP) is 3.37. The molecular formula is C17H27IN6S. The topological polar surface area (TPSA) is 67.1 Å². The summed E-state index contributed by atoms with van der Waals surface area (Å²) < 4.78 is 2.08. The summed E-state index contributed by atoms with van der Waals surface area (Å²) in [6, 6.07) is 5.19. The van der Waals surface area contributed by atoms with Gasteiger partial charge < -0.3 is 15.2 Å². The largest absolute Gasteiger partial charge is 0.354 e. The van der Waals surface area contributed by atoms with E-state index in [0.29, 0.717) is 18.6 Å². The van der Waals surface area contributed by atoms with Gasteiger partial charge in [-0.3, -0.25) is 4.99 Å². The summed E-state index contributed by atoms with van der Waals surface area (Å²) in [5.41, 5.74) is 0. The van der Waals surface area contributed by atoms with E-state index in [4.69, 9.17) is 4.99 Å². The highest BCUT2D eigenvalue weighted by Crippen LogP contribution is 2.22. The van der Waals surface area contributed by atoms with Gasteiger partial charge in [0.2, 0.25) is 0 Å². The minimum Gasteiger partial charge on any atom is -0.354 e. The van der Waals surface area contributed by atoms with E-state index in [1.807, 2.05) is 0 Å². The van der Waals surface area contributed by atoms with Crippen LogP contribution in [0.1, 0.15) is 49.9 Å². The monoisotopic (exact) mass is 474 g/mol. The fraction of sp³-hybridized carbons (Fsp3) is 0.588. The number of aromatic nitrogens is 3. The molecule has 2 aromatic rings. The molecule has 0 radical (unpaired) electrons. The van der Waals surface area contributed by atoms with Gasteiger partial charge in [0.15, 0.2) is 5.96 Å². The van der Waals surface area contributed by atoms with Gasteiger partial charge in [0, 0.05) is 23.9 Å². The van der Waals surface area contributed by atoms with E-state index in [1.54, 1.807) is 17.7 Å². The normalized spacial score (nSPS) is 15.5. The molecule has 8 heteroatoms. The van der Waals surface area contributed by atoms with E-state index >= 15 is 0 Å². The van der Waals surface area contributed by atoms with Crippen molar-refractivity contribution in [3.05, 3.63) is 34.5 Å². The first-order valence-electron chi connectivity index (χ1n) is 8.77. The number of rotatable bonds is 8. The number of guanidine groups is 1. The lowest BCUT2D eigenvalue weighted by Gasteiger charge is -2.19. The van der Waals surface area contributed by atoms with E-state index in [1.165, 1.54) is 17.7 Å². The van der Waals surface area contributed by atoms with Gasteiger partial charge in [0.05, 0.1) is 12.6 Å². The Labute approximate surface area is 170 Å². The number of aliphatic imine (C=N–C) groups is 1. The molecule has 0 amide bonds. The van der Waals surface area contributed by atoms with Gasteiger partial charge in [-0.25, -0.2) is 0 Å². The molecule has 0 aromatic carbocycles. The predicted molar refractivity (Wildman–Crippen MR) is 114 cm³/mol. The van der Waals surface area contributed by atoms with Gasteiger partial charge in [-0.15, -0.1) is 45.5 Å². The van der Waals surface area contributed by atoms with Crippen LogP contribution in [0.15, 0.2) is 28.8 Å². The van der Waals surface area contributed by atoms with Crippen molar-refractivity contribution in [2.24, 2.45) is 4.99 Å². The van der Waals surface area contributed by atoms with Gasteiger partial charge >= 0.3 is 0 Å². The molecule has 0 bridgehead atoms. The molecule has 2 heterocycles. The third-order valence-electron chi connectivity index (χ3n) is 4.15. The summed E-state index contributed by atoms with van der Waals surface area (Å²) in [5, 5.41) is 17.4. The van der Waals surface area contributed by atoms with Gasteiger partial charge in [0.1, 0.15) is 12.2 Å². The van der Waals surface area contributed by atoms with Crippen LogP contribution in [0, 0.1) is 0 Å². The van der Waals surface area contributed by atoms with Crippen LogP contribution in [-0.4, -0.2) is 33.3 Å². The summed E-state index contributed by atoms with van der Waals surface area (Å²) in [7, 11) is 0. The first-order chi connectivity index (χ1) is 11.8. The lowest BCUT2D eigenvalue weighted by atomic mass is 10.2. The van der Waals surface area contributed by atoms with Crippen LogP contribution in [0.2, 0.25) is 0 Å². The minimum atomic E-state index is 0. The smallest absolute Gasteiger partial charge is 0.192 e. The van der Waals surface area contributed by atoms with Crippen molar-refractivity contribution in [2.45, 2.75) is 58.2 Å². The molecular weight excluding hydrogens is 447 g/mol. The second-order valence-electron chi connectivity index (χ2n) is 6.06. The van der Waals surface area contributed by atoms with Crippen LogP contribution in [-0.2, 0) is 13.0 Å². The Bertz CT molecular complexity index is 650. The quantitative estimate of drug-likeness (QED) is 0.350. The first-order valence-corrected chi connectivity index (χ1v) is 9.65. The summed E-state index contributed by atoms with van der Waals surface area (Å²) in [5.74, 6) is 1.93. The lowest BCUT2D eigenvalue weighted by Crippen LogP contribution is -2.40. The Kier molecular flexibility index (Phi) is 8.14. The highest BCUT2D eigenvalue weighted by Gasteiger charge is 2.23. The van der Waals surface area contributed by atoms with E-state index < -0.39 is 0 Å². The lowest BCUT2D eigenvalue weighted by molar-refractivity contribution is 0.609. The maximum absolute atomic E-state index is 4.77. The molecule has 1 unspecified atom stereocenters. The van der Waals surface area contributed by atoms with E-state index in [0.717, 1.165) is 31.2 Å². The van der Waals surface area contributed by atoms with Crippen LogP contribution < -0.4 is 10.6 Å². The minimum absolute atomic E-state index is 0. The average Bonchev–Trinajstić information content (AvgIpc) is 3.07. The van der Waals surface area contributed by atoms with Crippen LogP contribution in [0.5, 0.6) is 0 Å². The van der Waals surface area contributed by atoms with Gasteiger partial charge in [-0.2, -0.15) is 0 Å². The molecule has 1 aliphatic carbocycles. The van der Waals surface area contributed by atoms with Crippen molar-refractivity contribution in [3.63, 3.8) is 0 Å². The van der Waals surface area contributed by atoms with E-state index in [-0.39, 0.29) is 24.0 Å². The standard InChI is InChI=1S/C17H26N6S.HI/c1-3-14(15-6-5-11-24-15)21-17(20-13-7-8-13)18-9-10-23-12-19-22-16(23)4-2;/h5-6,11-14H,3-4,7-10H2,1-2H3,(H2,18,20,21);1H. The van der Waals surface area contributed by atoms with E-state index in [9.17, 15) is 0 Å². The van der Waals surface area contributed by atoms with Crippen molar-refractivity contribution >= 4 is 41.3 Å². The van der Waals surface area contributed by atoms with Crippen molar-refractivity contribution in [1.82, 2.24) is 25.4 Å². The molecule has 0 saturated heterocycles. The van der Waals surface area contributed by atoms with E-state index in [2.05, 4.69) is 56.8 Å². The maximum atomic E-state index is 4.77. The Hall–Kier alpha value is -1.16. The molecule has 1 saturated carbocycles. The molecule has 0 aliphatic heterocycles. The first kappa shape index (κ1) is 20.2. The Morgan fingerprint density at radius 3 is 2.92 bits per heavy atom. The summed E-state index contributed by atoms with van der Waals surface area (Å²) >= 11 is 1.79. The third kappa shape index (κ3) is 5.95. The van der Waals surface area contributed by atoms with Crippen molar-refractivity contribution < 1.29 is 0 Å². The zero-order chi connectivity index (χ0) is 16.8. The molecule has 25 heavy (non-hydrogen) atoms. The van der Waals surface area contributed by atoms with Crippen LogP contribution in [0.4, 0.5) is 0 Å². The molecule has 3 rings (SSSR count). The molecule has 138 valence electrons. The molecule has 0 spiro atoms. The van der Waals surface area contributed by atoms with Gasteiger partial charge in [-0.05, 0) is 30.7 Å².